The molecule has 1 fully saturated rings. The third kappa shape index (κ3) is 4.85. The van der Waals surface area contributed by atoms with Crippen molar-refractivity contribution in [2.24, 2.45) is 5.92 Å². The van der Waals surface area contributed by atoms with Crippen LogP contribution in [0.25, 0.3) is 0 Å². The monoisotopic (exact) mass is 588 g/mol. The SMILES string of the molecule is CN(C)c1ccc([C@@H]2c3sc(=O)n(CC(=O)Nc4ccc(F)cc4)c3S[C@H]3C(=O)N(c4ccccc4)C(=O)[C@@H]23)cc1. The van der Waals surface area contributed by atoms with Gasteiger partial charge in [-0.1, -0.05) is 53.4 Å². The van der Waals surface area contributed by atoms with Gasteiger partial charge < -0.3 is 10.2 Å². The topological polar surface area (TPSA) is 91.7 Å². The number of halogens is 1. The molecule has 1 N–H and O–H groups in total. The van der Waals surface area contributed by atoms with Gasteiger partial charge in [-0.25, -0.2) is 9.29 Å². The summed E-state index contributed by atoms with van der Waals surface area (Å²) in [7, 11) is 3.86. The highest BCUT2D eigenvalue weighted by Gasteiger charge is 2.56. The number of rotatable bonds is 6. The fraction of sp³-hybridized carbons (Fsp3) is 0.200. The van der Waals surface area contributed by atoms with Crippen molar-refractivity contribution in [2.45, 2.75) is 22.7 Å². The van der Waals surface area contributed by atoms with Crippen molar-refractivity contribution in [1.82, 2.24) is 4.57 Å². The van der Waals surface area contributed by atoms with Gasteiger partial charge in [-0.3, -0.25) is 23.7 Å². The highest BCUT2D eigenvalue weighted by atomic mass is 32.2. The maximum atomic E-state index is 13.9. The number of aromatic nitrogens is 1. The number of nitrogens with zero attached hydrogens (tertiary/aromatic N) is 3. The van der Waals surface area contributed by atoms with E-state index in [1.807, 2.05) is 49.3 Å². The molecule has 208 valence electrons. The average molecular weight is 589 g/mol. The van der Waals surface area contributed by atoms with Crippen LogP contribution in [0.1, 0.15) is 16.4 Å². The van der Waals surface area contributed by atoms with E-state index >= 15 is 0 Å². The lowest BCUT2D eigenvalue weighted by Gasteiger charge is -2.31. The molecule has 3 aromatic carbocycles. The standard InChI is InChI=1S/C30H25FN4O4S2/c1-33(2)20-14-8-17(9-15-20)23-24-25(28(38)35(27(24)37)21-6-4-3-5-7-21)40-29-26(23)41-30(39)34(29)16-22(36)32-19-12-10-18(31)11-13-19/h3-15,23-25H,16H2,1-2H3,(H,32,36)/t23-,24-,25+/m0/s1. The van der Waals surface area contributed by atoms with Gasteiger partial charge in [-0.05, 0) is 54.1 Å². The van der Waals surface area contributed by atoms with E-state index in [2.05, 4.69) is 5.32 Å². The summed E-state index contributed by atoms with van der Waals surface area (Å²) in [4.78, 5) is 57.4. The first-order valence-electron chi connectivity index (χ1n) is 12.9. The van der Waals surface area contributed by atoms with E-state index in [4.69, 9.17) is 0 Å². The Hall–Kier alpha value is -4.22. The quantitative estimate of drug-likeness (QED) is 0.333. The largest absolute Gasteiger partial charge is 0.378 e. The Labute approximate surface area is 243 Å². The van der Waals surface area contributed by atoms with Crippen LogP contribution in [-0.4, -0.2) is 41.6 Å². The number of hydrogen-bond donors (Lipinski definition) is 1. The zero-order valence-electron chi connectivity index (χ0n) is 22.1. The van der Waals surface area contributed by atoms with E-state index in [1.165, 1.54) is 45.5 Å². The molecular formula is C30H25FN4O4S2. The lowest BCUT2D eigenvalue weighted by molar-refractivity contribution is -0.122. The number of hydrogen-bond acceptors (Lipinski definition) is 7. The number of thioether (sulfide) groups is 1. The highest BCUT2D eigenvalue weighted by molar-refractivity contribution is 8.00. The molecular weight excluding hydrogens is 563 g/mol. The van der Waals surface area contributed by atoms with Gasteiger partial charge in [-0.15, -0.1) is 0 Å². The second-order valence-corrected chi connectivity index (χ2v) is 12.2. The second kappa shape index (κ2) is 10.6. The fourth-order valence-electron chi connectivity index (χ4n) is 5.30. The predicted molar refractivity (Wildman–Crippen MR) is 158 cm³/mol. The van der Waals surface area contributed by atoms with Crippen LogP contribution < -0.4 is 20.0 Å². The minimum atomic E-state index is -0.769. The summed E-state index contributed by atoms with van der Waals surface area (Å²) < 4.78 is 14.7. The molecule has 2 aliphatic heterocycles. The van der Waals surface area contributed by atoms with Crippen molar-refractivity contribution >= 4 is 57.9 Å². The molecule has 1 saturated heterocycles. The molecule has 2 aliphatic rings. The van der Waals surface area contributed by atoms with Crippen molar-refractivity contribution < 1.29 is 18.8 Å². The molecule has 0 unspecified atom stereocenters. The Morgan fingerprint density at radius 1 is 0.927 bits per heavy atom. The molecule has 3 atom stereocenters. The molecule has 3 heterocycles. The van der Waals surface area contributed by atoms with Crippen LogP contribution in [0.4, 0.5) is 21.5 Å². The first kappa shape index (κ1) is 27.0. The third-order valence-corrected chi connectivity index (χ3v) is 9.87. The van der Waals surface area contributed by atoms with E-state index in [-0.39, 0.29) is 23.2 Å². The maximum absolute atomic E-state index is 13.9. The van der Waals surface area contributed by atoms with Gasteiger partial charge in [0.2, 0.25) is 17.7 Å². The fourth-order valence-corrected chi connectivity index (χ4v) is 8.08. The Kier molecular flexibility index (Phi) is 7.00. The van der Waals surface area contributed by atoms with Crippen molar-refractivity contribution in [1.29, 1.82) is 0 Å². The first-order chi connectivity index (χ1) is 19.7. The van der Waals surface area contributed by atoms with E-state index in [1.54, 1.807) is 24.3 Å². The van der Waals surface area contributed by atoms with E-state index in [0.29, 0.717) is 21.3 Å². The predicted octanol–water partition coefficient (Wildman–Crippen LogP) is 4.55. The molecule has 11 heteroatoms. The second-order valence-electron chi connectivity index (χ2n) is 10.1. The van der Waals surface area contributed by atoms with Crippen LogP contribution in [0.2, 0.25) is 0 Å². The zero-order valence-corrected chi connectivity index (χ0v) is 23.7. The zero-order chi connectivity index (χ0) is 28.8. The molecule has 0 spiro atoms. The molecule has 8 nitrogen and oxygen atoms in total. The first-order valence-corrected chi connectivity index (χ1v) is 14.6. The Morgan fingerprint density at radius 3 is 2.27 bits per heavy atom. The Bertz CT molecular complexity index is 1700. The number of imide groups is 1. The molecule has 0 saturated carbocycles. The average Bonchev–Trinajstić information content (AvgIpc) is 3.41. The Morgan fingerprint density at radius 2 is 1.61 bits per heavy atom. The van der Waals surface area contributed by atoms with Crippen LogP contribution >= 0.6 is 23.1 Å². The van der Waals surface area contributed by atoms with Crippen molar-refractivity contribution in [3.63, 3.8) is 0 Å². The van der Waals surface area contributed by atoms with Crippen molar-refractivity contribution in [2.75, 3.05) is 29.2 Å². The summed E-state index contributed by atoms with van der Waals surface area (Å²) in [5, 5.41) is 2.43. The number of anilines is 3. The van der Waals surface area contributed by atoms with Crippen molar-refractivity contribution in [3.8, 4) is 0 Å². The number of amides is 3. The van der Waals surface area contributed by atoms with Crippen LogP contribution in [-0.2, 0) is 20.9 Å². The van der Waals surface area contributed by atoms with Crippen LogP contribution in [0, 0.1) is 11.7 Å². The van der Waals surface area contributed by atoms with Crippen LogP contribution in [0.15, 0.2) is 88.7 Å². The summed E-state index contributed by atoms with van der Waals surface area (Å²) >= 11 is 2.16. The lowest BCUT2D eigenvalue weighted by atomic mass is 9.83. The molecule has 0 radical (unpaired) electrons. The van der Waals surface area contributed by atoms with Crippen LogP contribution in [0.3, 0.4) is 0 Å². The van der Waals surface area contributed by atoms with Gasteiger partial charge in [-0.2, -0.15) is 0 Å². The normalized spacial score (nSPS) is 19.6. The van der Waals surface area contributed by atoms with Gasteiger partial charge in [0.25, 0.3) is 0 Å². The number of carbonyl (C=O) groups is 3. The molecule has 0 aliphatic carbocycles. The minimum absolute atomic E-state index is 0.288. The summed E-state index contributed by atoms with van der Waals surface area (Å²) in [6.07, 6.45) is 0. The Balaban J connectivity index is 1.41. The van der Waals surface area contributed by atoms with Crippen LogP contribution in [0.5, 0.6) is 0 Å². The summed E-state index contributed by atoms with van der Waals surface area (Å²) in [5.74, 6) is -2.82. The number of carbonyl (C=O) groups excluding carboxylic acids is 3. The van der Waals surface area contributed by atoms with Gasteiger partial charge in [0.1, 0.15) is 17.6 Å². The number of fused-ring (bicyclic) bond motifs is 2. The molecule has 3 amide bonds. The highest BCUT2D eigenvalue weighted by Crippen LogP contribution is 2.54. The van der Waals surface area contributed by atoms with Crippen molar-refractivity contribution in [3.05, 3.63) is 105 Å². The summed E-state index contributed by atoms with van der Waals surface area (Å²) in [5.41, 5.74) is 2.68. The van der Waals surface area contributed by atoms with E-state index in [0.717, 1.165) is 22.6 Å². The molecule has 4 aromatic rings. The summed E-state index contributed by atoms with van der Waals surface area (Å²) in [6, 6.07) is 21.9. The number of benzene rings is 3. The van der Waals surface area contributed by atoms with Gasteiger partial charge in [0.05, 0.1) is 16.6 Å². The molecule has 41 heavy (non-hydrogen) atoms. The van der Waals surface area contributed by atoms with Gasteiger partial charge in [0, 0.05) is 36.3 Å². The minimum Gasteiger partial charge on any atom is -0.378 e. The number of nitrogens with one attached hydrogen (secondary N) is 1. The smallest absolute Gasteiger partial charge is 0.308 e. The molecule has 1 aromatic heterocycles. The molecule has 6 rings (SSSR count). The summed E-state index contributed by atoms with van der Waals surface area (Å²) in [6.45, 7) is -0.288. The molecule has 0 bridgehead atoms. The van der Waals surface area contributed by atoms with E-state index < -0.39 is 28.8 Å². The number of thiazole rings is 1. The third-order valence-electron chi connectivity index (χ3n) is 7.26. The maximum Gasteiger partial charge on any atom is 0.308 e. The van der Waals surface area contributed by atoms with Gasteiger partial charge in [0.15, 0.2) is 0 Å². The number of para-hydroxylation sites is 1. The van der Waals surface area contributed by atoms with Gasteiger partial charge >= 0.3 is 4.87 Å². The van der Waals surface area contributed by atoms with E-state index in [9.17, 15) is 23.6 Å². The lowest BCUT2D eigenvalue weighted by Crippen LogP contribution is -2.33.